The number of anilines is 3. The third kappa shape index (κ3) is 4.98. The zero-order valence-corrected chi connectivity index (χ0v) is 21.9. The van der Waals surface area contributed by atoms with Crippen LogP contribution < -0.4 is 10.2 Å². The number of carbonyl (C=O) groups excluding carboxylic acids is 1. The first-order valence-electron chi connectivity index (χ1n) is 13.2. The molecule has 1 aliphatic carbocycles. The number of para-hydroxylation sites is 1. The molecule has 4 aromatic rings. The normalized spacial score (nSPS) is 15.9. The summed E-state index contributed by atoms with van der Waals surface area (Å²) in [5, 5.41) is 3.76. The molecule has 0 spiro atoms. The van der Waals surface area contributed by atoms with Gasteiger partial charge < -0.3 is 15.1 Å². The molecular weight excluding hydrogens is 500 g/mol. The summed E-state index contributed by atoms with van der Waals surface area (Å²) >= 11 is 0. The van der Waals surface area contributed by atoms with Crippen molar-refractivity contribution in [1.82, 2.24) is 24.8 Å². The number of carbonyl (C=O) groups is 1. The van der Waals surface area contributed by atoms with Gasteiger partial charge in [0.25, 0.3) is 0 Å². The average Bonchev–Trinajstić information content (AvgIpc) is 3.80. The van der Waals surface area contributed by atoms with E-state index in [1.165, 1.54) is 18.2 Å². The number of piperidine rings is 1. The molecule has 6 rings (SSSR count). The van der Waals surface area contributed by atoms with Crippen LogP contribution in [0.5, 0.6) is 0 Å². The molecule has 1 N–H and O–H groups in total. The van der Waals surface area contributed by atoms with Crippen molar-refractivity contribution in [2.75, 3.05) is 37.4 Å². The predicted octanol–water partition coefficient (Wildman–Crippen LogP) is 5.29. The van der Waals surface area contributed by atoms with E-state index in [2.05, 4.69) is 20.2 Å². The van der Waals surface area contributed by atoms with Crippen LogP contribution in [0.3, 0.4) is 0 Å². The van der Waals surface area contributed by atoms with Gasteiger partial charge in [0.1, 0.15) is 29.0 Å². The number of benzene rings is 1. The van der Waals surface area contributed by atoms with Crippen molar-refractivity contribution >= 4 is 34.1 Å². The highest BCUT2D eigenvalue weighted by molar-refractivity contribution is 5.94. The summed E-state index contributed by atoms with van der Waals surface area (Å²) in [4.78, 5) is 35.1. The predicted molar refractivity (Wildman–Crippen MR) is 146 cm³/mol. The van der Waals surface area contributed by atoms with Crippen LogP contribution in [0.15, 0.2) is 48.9 Å². The molecule has 4 heterocycles. The number of fused-ring (bicyclic) bond motifs is 1. The van der Waals surface area contributed by atoms with E-state index in [0.29, 0.717) is 30.4 Å². The Kier molecular flexibility index (Phi) is 6.54. The molecule has 1 aromatic carbocycles. The lowest BCUT2D eigenvalue weighted by Gasteiger charge is -2.34. The van der Waals surface area contributed by atoms with Gasteiger partial charge in [0.2, 0.25) is 5.91 Å². The van der Waals surface area contributed by atoms with Crippen molar-refractivity contribution in [3.8, 4) is 11.4 Å². The fourth-order valence-electron chi connectivity index (χ4n) is 5.24. The van der Waals surface area contributed by atoms with Gasteiger partial charge in [-0.2, -0.15) is 0 Å². The second-order valence-corrected chi connectivity index (χ2v) is 10.4. The number of aromatic nitrogens is 4. The minimum atomic E-state index is -0.707. The smallest absolute Gasteiger partial charge is 0.225 e. The number of amides is 1. The van der Waals surface area contributed by atoms with E-state index < -0.39 is 11.6 Å². The van der Waals surface area contributed by atoms with E-state index in [4.69, 9.17) is 9.97 Å². The SMILES string of the molecule is CN(C)C(=O)C1CCN(c2nc(-c3ccnc(Nc4c(F)cccc4F)c3)nc3cncc(C4CC4)c23)CC1. The number of nitrogens with zero attached hydrogens (tertiary/aromatic N) is 6. The highest BCUT2D eigenvalue weighted by Gasteiger charge is 2.31. The van der Waals surface area contributed by atoms with Gasteiger partial charge in [-0.3, -0.25) is 9.78 Å². The monoisotopic (exact) mass is 529 g/mol. The van der Waals surface area contributed by atoms with Crippen molar-refractivity contribution < 1.29 is 13.6 Å². The van der Waals surface area contributed by atoms with Gasteiger partial charge in [0.05, 0.1) is 11.7 Å². The van der Waals surface area contributed by atoms with E-state index in [1.54, 1.807) is 43.5 Å². The second kappa shape index (κ2) is 10.2. The second-order valence-electron chi connectivity index (χ2n) is 10.4. The molecule has 0 radical (unpaired) electrons. The van der Waals surface area contributed by atoms with Crippen molar-refractivity contribution in [2.24, 2.45) is 5.92 Å². The Hall–Kier alpha value is -4.21. The Morgan fingerprint density at radius 3 is 2.46 bits per heavy atom. The van der Waals surface area contributed by atoms with Gasteiger partial charge in [-0.15, -0.1) is 0 Å². The van der Waals surface area contributed by atoms with Gasteiger partial charge in [-0.25, -0.2) is 23.7 Å². The lowest BCUT2D eigenvalue weighted by molar-refractivity contribution is -0.133. The zero-order chi connectivity index (χ0) is 27.1. The number of halogens is 2. The fourth-order valence-corrected chi connectivity index (χ4v) is 5.24. The fraction of sp³-hybridized carbons (Fsp3) is 0.345. The van der Waals surface area contributed by atoms with E-state index in [9.17, 15) is 13.6 Å². The summed E-state index contributed by atoms with van der Waals surface area (Å²) in [7, 11) is 3.60. The molecule has 1 amide bonds. The molecule has 0 unspecified atom stereocenters. The van der Waals surface area contributed by atoms with E-state index in [-0.39, 0.29) is 23.3 Å². The lowest BCUT2D eigenvalue weighted by Crippen LogP contribution is -2.40. The summed E-state index contributed by atoms with van der Waals surface area (Å²) in [6, 6.07) is 7.14. The maximum Gasteiger partial charge on any atom is 0.225 e. The number of pyridine rings is 2. The summed E-state index contributed by atoms with van der Waals surface area (Å²) < 4.78 is 28.5. The molecule has 10 heteroatoms. The molecule has 39 heavy (non-hydrogen) atoms. The van der Waals surface area contributed by atoms with Crippen molar-refractivity contribution in [3.63, 3.8) is 0 Å². The van der Waals surface area contributed by atoms with Crippen molar-refractivity contribution in [2.45, 2.75) is 31.6 Å². The standard InChI is InChI=1S/C29H29F2N7O/c1-37(2)29(39)18-9-12-38(13-10-18)28-25-20(17-6-7-17)15-32-16-23(25)34-27(36-28)19-8-11-33-24(14-19)35-26-21(30)4-3-5-22(26)31/h3-5,8,11,14-18H,6-7,9-10,12-13H2,1-2H3,(H,33,35). The first-order valence-corrected chi connectivity index (χ1v) is 13.2. The highest BCUT2D eigenvalue weighted by atomic mass is 19.1. The molecule has 2 fully saturated rings. The minimum Gasteiger partial charge on any atom is -0.356 e. The van der Waals surface area contributed by atoms with Gasteiger partial charge in [-0.1, -0.05) is 6.07 Å². The van der Waals surface area contributed by atoms with Gasteiger partial charge in [0, 0.05) is 56.4 Å². The Labute approximate surface area is 225 Å². The largest absolute Gasteiger partial charge is 0.356 e. The number of rotatable bonds is 6. The maximum atomic E-state index is 14.2. The summed E-state index contributed by atoms with van der Waals surface area (Å²) in [5.74, 6) is 0.779. The van der Waals surface area contributed by atoms with Crippen LogP contribution in [-0.2, 0) is 4.79 Å². The van der Waals surface area contributed by atoms with Crippen LogP contribution in [0.2, 0.25) is 0 Å². The van der Waals surface area contributed by atoms with Gasteiger partial charge in [-0.05, 0) is 61.4 Å². The van der Waals surface area contributed by atoms with Crippen LogP contribution in [0.4, 0.5) is 26.1 Å². The van der Waals surface area contributed by atoms with Crippen molar-refractivity contribution in [3.05, 3.63) is 66.1 Å². The summed E-state index contributed by atoms with van der Waals surface area (Å²) in [6.07, 6.45) is 8.97. The summed E-state index contributed by atoms with van der Waals surface area (Å²) in [5.41, 5.74) is 2.29. The molecule has 2 aliphatic rings. The molecule has 1 aliphatic heterocycles. The van der Waals surface area contributed by atoms with Crippen LogP contribution >= 0.6 is 0 Å². The third-order valence-electron chi connectivity index (χ3n) is 7.45. The molecule has 200 valence electrons. The number of hydrogen-bond donors (Lipinski definition) is 1. The molecule has 0 bridgehead atoms. The van der Waals surface area contributed by atoms with Crippen LogP contribution in [0.25, 0.3) is 22.3 Å². The maximum absolute atomic E-state index is 14.2. The average molecular weight is 530 g/mol. The quantitative estimate of drug-likeness (QED) is 0.363. The molecule has 1 saturated carbocycles. The van der Waals surface area contributed by atoms with Crippen molar-refractivity contribution in [1.29, 1.82) is 0 Å². The van der Waals surface area contributed by atoms with E-state index >= 15 is 0 Å². The highest BCUT2D eigenvalue weighted by Crippen LogP contribution is 2.45. The van der Waals surface area contributed by atoms with Gasteiger partial charge >= 0.3 is 0 Å². The third-order valence-corrected chi connectivity index (χ3v) is 7.45. The summed E-state index contributed by atoms with van der Waals surface area (Å²) in [6.45, 7) is 1.41. The lowest BCUT2D eigenvalue weighted by atomic mass is 9.95. The Morgan fingerprint density at radius 2 is 1.77 bits per heavy atom. The first kappa shape index (κ1) is 25.1. The Bertz CT molecular complexity index is 1530. The number of nitrogens with one attached hydrogen (secondary N) is 1. The van der Waals surface area contributed by atoms with Gasteiger partial charge in [0.15, 0.2) is 5.82 Å². The first-order chi connectivity index (χ1) is 18.9. The molecular formula is C29H29F2N7O. The van der Waals surface area contributed by atoms with Crippen LogP contribution in [0, 0.1) is 17.6 Å². The molecule has 8 nitrogen and oxygen atoms in total. The molecule has 0 atom stereocenters. The number of hydrogen-bond acceptors (Lipinski definition) is 7. The Balaban J connectivity index is 1.38. The van der Waals surface area contributed by atoms with E-state index in [1.807, 2.05) is 6.20 Å². The molecule has 1 saturated heterocycles. The zero-order valence-electron chi connectivity index (χ0n) is 21.9. The van der Waals surface area contributed by atoms with Crippen LogP contribution in [0.1, 0.15) is 37.2 Å². The molecule has 3 aromatic heterocycles. The van der Waals surface area contributed by atoms with E-state index in [0.717, 1.165) is 48.0 Å². The van der Waals surface area contributed by atoms with Crippen LogP contribution in [-0.4, -0.2) is 57.9 Å². The minimum absolute atomic E-state index is 0.000925. The topological polar surface area (TPSA) is 87.1 Å². The Morgan fingerprint density at radius 1 is 1.03 bits per heavy atom.